The van der Waals surface area contributed by atoms with Crippen molar-refractivity contribution < 1.29 is 22.7 Å². The number of halogens is 4. The first kappa shape index (κ1) is 22.0. The number of benzene rings is 1. The largest absolute Gasteiger partial charge is 0.492 e. The van der Waals surface area contributed by atoms with Crippen LogP contribution in [0.1, 0.15) is 34.9 Å². The number of amides is 1. The number of aromatic nitrogens is 3. The Morgan fingerprint density at radius 1 is 1.25 bits per heavy atom. The van der Waals surface area contributed by atoms with Crippen molar-refractivity contribution in [2.75, 3.05) is 26.2 Å². The summed E-state index contributed by atoms with van der Waals surface area (Å²) in [5.74, 6) is -0.0692. The van der Waals surface area contributed by atoms with E-state index in [1.54, 1.807) is 10.9 Å². The molecular weight excluding hydrogens is 399 g/mol. The summed E-state index contributed by atoms with van der Waals surface area (Å²) in [4.78, 5) is 12.1. The first-order valence-electron chi connectivity index (χ1n) is 8.64. The van der Waals surface area contributed by atoms with Crippen LogP contribution in [-0.4, -0.2) is 47.1 Å². The molecule has 11 heteroatoms. The molecule has 0 saturated carbocycles. The summed E-state index contributed by atoms with van der Waals surface area (Å²) in [7, 11) is 0. The minimum atomic E-state index is -4.38. The number of carbonyl (C=O) groups is 1. The highest BCUT2D eigenvalue weighted by molar-refractivity contribution is 5.91. The molecule has 0 atom stereocenters. The average Bonchev–Trinajstić information content (AvgIpc) is 3.16. The van der Waals surface area contributed by atoms with Gasteiger partial charge in [0.25, 0.3) is 5.91 Å². The molecule has 1 aromatic heterocycles. The number of rotatable bonds is 6. The van der Waals surface area contributed by atoms with Crippen LogP contribution in [0.25, 0.3) is 0 Å². The zero-order valence-electron chi connectivity index (χ0n) is 14.9. The molecule has 0 bridgehead atoms. The van der Waals surface area contributed by atoms with Crippen molar-refractivity contribution >= 4 is 18.3 Å². The van der Waals surface area contributed by atoms with Crippen LogP contribution in [0.4, 0.5) is 13.2 Å². The molecule has 7 nitrogen and oxygen atoms in total. The highest BCUT2D eigenvalue weighted by Crippen LogP contribution is 2.30. The highest BCUT2D eigenvalue weighted by atomic mass is 35.5. The van der Waals surface area contributed by atoms with Gasteiger partial charge in [-0.3, -0.25) is 4.79 Å². The third kappa shape index (κ3) is 5.83. The molecule has 0 unspecified atom stereocenters. The zero-order chi connectivity index (χ0) is 19.3. The first-order chi connectivity index (χ1) is 12.9. The lowest BCUT2D eigenvalue weighted by atomic mass is 10.1. The molecule has 2 heterocycles. The molecule has 154 valence electrons. The maximum Gasteiger partial charge on any atom is 0.416 e. The number of nitrogens with zero attached hydrogens (tertiary/aromatic N) is 3. The second kappa shape index (κ2) is 9.74. The SMILES string of the molecule is Cl.O=C(NCCOc1ccc(C(F)(F)F)cc1)c1cn(C2CCNCC2)nn1. The molecule has 1 aliphatic heterocycles. The van der Waals surface area contributed by atoms with E-state index in [1.165, 1.54) is 12.1 Å². The van der Waals surface area contributed by atoms with Gasteiger partial charge >= 0.3 is 6.18 Å². The van der Waals surface area contributed by atoms with Crippen molar-refractivity contribution in [2.24, 2.45) is 0 Å². The van der Waals surface area contributed by atoms with Crippen molar-refractivity contribution in [2.45, 2.75) is 25.1 Å². The number of hydrogen-bond acceptors (Lipinski definition) is 5. The van der Waals surface area contributed by atoms with Crippen LogP contribution >= 0.6 is 12.4 Å². The molecular formula is C17H21ClF3N5O2. The molecule has 1 aromatic carbocycles. The van der Waals surface area contributed by atoms with Gasteiger partial charge in [-0.15, -0.1) is 17.5 Å². The topological polar surface area (TPSA) is 81.1 Å². The Bertz CT molecular complexity index is 761. The van der Waals surface area contributed by atoms with Crippen LogP contribution < -0.4 is 15.4 Å². The van der Waals surface area contributed by atoms with E-state index in [2.05, 4.69) is 20.9 Å². The monoisotopic (exact) mass is 419 g/mol. The Balaban J connectivity index is 0.00000280. The molecule has 3 rings (SSSR count). The standard InChI is InChI=1S/C17H20F3N5O2.ClH/c18-17(19,20)12-1-3-14(4-2-12)27-10-9-22-16(26)15-11-25(24-23-15)13-5-7-21-8-6-13;/h1-4,11,13,21H,5-10H2,(H,22,26);1H. The molecule has 1 amide bonds. The summed E-state index contributed by atoms with van der Waals surface area (Å²) in [6, 6.07) is 4.63. The van der Waals surface area contributed by atoms with E-state index in [0.717, 1.165) is 38.1 Å². The van der Waals surface area contributed by atoms with Crippen molar-refractivity contribution in [1.82, 2.24) is 25.6 Å². The lowest BCUT2D eigenvalue weighted by Crippen LogP contribution is -2.30. The minimum absolute atomic E-state index is 0. The summed E-state index contributed by atoms with van der Waals surface area (Å²) in [5.41, 5.74) is -0.511. The Labute approximate surface area is 166 Å². The molecule has 2 N–H and O–H groups in total. The summed E-state index contributed by atoms with van der Waals surface area (Å²) in [5, 5.41) is 13.8. The van der Waals surface area contributed by atoms with Gasteiger partial charge in [0.2, 0.25) is 0 Å². The van der Waals surface area contributed by atoms with Gasteiger partial charge in [0, 0.05) is 0 Å². The second-order valence-corrected chi connectivity index (χ2v) is 6.19. The predicted molar refractivity (Wildman–Crippen MR) is 97.7 cm³/mol. The fraction of sp³-hybridized carbons (Fsp3) is 0.471. The molecule has 1 fully saturated rings. The molecule has 2 aromatic rings. The van der Waals surface area contributed by atoms with E-state index < -0.39 is 11.7 Å². The average molecular weight is 420 g/mol. The van der Waals surface area contributed by atoms with Gasteiger partial charge < -0.3 is 15.4 Å². The van der Waals surface area contributed by atoms with E-state index in [9.17, 15) is 18.0 Å². The molecule has 28 heavy (non-hydrogen) atoms. The Hall–Kier alpha value is -2.33. The van der Waals surface area contributed by atoms with Gasteiger partial charge in [-0.2, -0.15) is 13.2 Å². The van der Waals surface area contributed by atoms with Crippen LogP contribution in [0.5, 0.6) is 5.75 Å². The van der Waals surface area contributed by atoms with Crippen molar-refractivity contribution in [3.8, 4) is 5.75 Å². The van der Waals surface area contributed by atoms with Gasteiger partial charge in [-0.1, -0.05) is 5.21 Å². The quantitative estimate of drug-likeness (QED) is 0.703. The van der Waals surface area contributed by atoms with Crippen molar-refractivity contribution in [1.29, 1.82) is 0 Å². The van der Waals surface area contributed by atoms with Crippen LogP contribution in [0, 0.1) is 0 Å². The molecule has 0 radical (unpaired) electrons. The molecule has 0 aliphatic carbocycles. The van der Waals surface area contributed by atoms with Gasteiger partial charge in [-0.25, -0.2) is 4.68 Å². The maximum absolute atomic E-state index is 12.5. The zero-order valence-corrected chi connectivity index (χ0v) is 15.7. The summed E-state index contributed by atoms with van der Waals surface area (Å²) >= 11 is 0. The van der Waals surface area contributed by atoms with Gasteiger partial charge in [0.15, 0.2) is 5.69 Å². The smallest absolute Gasteiger partial charge is 0.416 e. The third-order valence-electron chi connectivity index (χ3n) is 4.26. The predicted octanol–water partition coefficient (Wildman–Crippen LogP) is 2.45. The minimum Gasteiger partial charge on any atom is -0.492 e. The number of carbonyl (C=O) groups excluding carboxylic acids is 1. The van der Waals surface area contributed by atoms with Crippen LogP contribution in [0.3, 0.4) is 0 Å². The van der Waals surface area contributed by atoms with E-state index in [0.29, 0.717) is 5.75 Å². The van der Waals surface area contributed by atoms with E-state index in [-0.39, 0.29) is 43.2 Å². The molecule has 1 saturated heterocycles. The number of piperidine rings is 1. The highest BCUT2D eigenvalue weighted by Gasteiger charge is 2.30. The number of hydrogen-bond donors (Lipinski definition) is 2. The third-order valence-corrected chi connectivity index (χ3v) is 4.26. The number of ether oxygens (including phenoxy) is 1. The first-order valence-corrected chi connectivity index (χ1v) is 8.64. The Morgan fingerprint density at radius 2 is 1.93 bits per heavy atom. The van der Waals surface area contributed by atoms with Crippen molar-refractivity contribution in [3.05, 3.63) is 41.7 Å². The second-order valence-electron chi connectivity index (χ2n) is 6.19. The lowest BCUT2D eigenvalue weighted by Gasteiger charge is -2.22. The van der Waals surface area contributed by atoms with Gasteiger partial charge in [0.05, 0.1) is 24.3 Å². The summed E-state index contributed by atoms with van der Waals surface area (Å²) in [6.45, 7) is 2.14. The molecule has 0 spiro atoms. The summed E-state index contributed by atoms with van der Waals surface area (Å²) in [6.07, 6.45) is -0.878. The fourth-order valence-electron chi connectivity index (χ4n) is 2.79. The molecule has 1 aliphatic rings. The van der Waals surface area contributed by atoms with Gasteiger partial charge in [0.1, 0.15) is 12.4 Å². The van der Waals surface area contributed by atoms with Crippen LogP contribution in [0.15, 0.2) is 30.5 Å². The Kier molecular flexibility index (Phi) is 7.64. The van der Waals surface area contributed by atoms with E-state index in [4.69, 9.17) is 4.74 Å². The summed E-state index contributed by atoms with van der Waals surface area (Å²) < 4.78 is 44.5. The van der Waals surface area contributed by atoms with Crippen LogP contribution in [0.2, 0.25) is 0 Å². The fourth-order valence-corrected chi connectivity index (χ4v) is 2.79. The van der Waals surface area contributed by atoms with Gasteiger partial charge in [-0.05, 0) is 50.2 Å². The lowest BCUT2D eigenvalue weighted by molar-refractivity contribution is -0.137. The van der Waals surface area contributed by atoms with Crippen LogP contribution in [-0.2, 0) is 6.18 Å². The Morgan fingerprint density at radius 3 is 2.57 bits per heavy atom. The number of nitrogens with one attached hydrogen (secondary N) is 2. The number of alkyl halides is 3. The normalized spacial score (nSPS) is 15.0. The maximum atomic E-state index is 12.5. The van der Waals surface area contributed by atoms with Crippen molar-refractivity contribution in [3.63, 3.8) is 0 Å². The van der Waals surface area contributed by atoms with E-state index in [1.807, 2.05) is 0 Å². The van der Waals surface area contributed by atoms with E-state index >= 15 is 0 Å².